The van der Waals surface area contributed by atoms with E-state index in [1.165, 1.54) is 122 Å². The molecule has 64 heavy (non-hydrogen) atoms. The van der Waals surface area contributed by atoms with Gasteiger partial charge in [0.15, 0.2) is 0 Å². The lowest BCUT2D eigenvalue weighted by Crippen LogP contribution is -2.07. The second kappa shape index (κ2) is 15.0. The molecule has 2 heterocycles. The van der Waals surface area contributed by atoms with Crippen molar-refractivity contribution in [2.45, 2.75) is 38.5 Å². The summed E-state index contributed by atoms with van der Waals surface area (Å²) < 4.78 is 5.12. The molecule has 8 aromatic carbocycles. The van der Waals surface area contributed by atoms with Crippen LogP contribution in [-0.2, 0) is 12.8 Å². The van der Waals surface area contributed by atoms with E-state index in [2.05, 4.69) is 215 Å². The molecule has 0 aliphatic heterocycles. The van der Waals surface area contributed by atoms with Crippen LogP contribution in [0.5, 0.6) is 0 Å². The minimum absolute atomic E-state index is 0.974. The Bertz CT molecular complexity index is 3580. The van der Waals surface area contributed by atoms with Gasteiger partial charge in [-0.3, -0.25) is 0 Å². The van der Waals surface area contributed by atoms with Gasteiger partial charge in [0.1, 0.15) is 0 Å². The van der Waals surface area contributed by atoms with Crippen molar-refractivity contribution in [3.63, 3.8) is 0 Å². The van der Waals surface area contributed by atoms with Crippen molar-refractivity contribution >= 4 is 54.8 Å². The molecule has 2 aromatic heterocycles. The number of aryl methyl sites for hydroxylation is 2. The fourth-order valence-electron chi connectivity index (χ4n) is 11.1. The fourth-order valence-corrected chi connectivity index (χ4v) is 11.1. The number of hydrogen-bond acceptors (Lipinski definition) is 0. The SMILES string of the molecule is C1=CCCC(c2cc(C3=CCCC=C3)cc(-n3c4ccccc4c4cc5c(cc43)-c3ccc4c6ccccc6n(-c6cc(-c7ccccc7)cc(-c7ccccc7)c6)c4c3CC5)c2)=C1. The number of aromatic nitrogens is 2. The molecule has 0 radical (unpaired) electrons. The molecular weight excluding hydrogens is 773 g/mol. The van der Waals surface area contributed by atoms with Gasteiger partial charge in [-0.25, -0.2) is 0 Å². The summed E-state index contributed by atoms with van der Waals surface area (Å²) in [7, 11) is 0. The number of para-hydroxylation sites is 2. The lowest BCUT2D eigenvalue weighted by molar-refractivity contribution is 0.944. The molecule has 0 atom stereocenters. The first-order valence-electron chi connectivity index (χ1n) is 23.0. The maximum absolute atomic E-state index is 2.57. The minimum atomic E-state index is 0.974. The van der Waals surface area contributed by atoms with Gasteiger partial charge in [0, 0.05) is 32.9 Å². The van der Waals surface area contributed by atoms with Crippen LogP contribution in [0.2, 0.25) is 0 Å². The van der Waals surface area contributed by atoms with E-state index in [1.807, 2.05) is 0 Å². The third-order valence-corrected chi connectivity index (χ3v) is 14.1. The van der Waals surface area contributed by atoms with Crippen LogP contribution < -0.4 is 0 Å². The van der Waals surface area contributed by atoms with E-state index in [1.54, 1.807) is 0 Å². The zero-order valence-corrected chi connectivity index (χ0v) is 35.8. The van der Waals surface area contributed by atoms with Gasteiger partial charge in [0.05, 0.1) is 22.1 Å². The maximum Gasteiger partial charge on any atom is 0.0579 e. The van der Waals surface area contributed by atoms with Gasteiger partial charge in [-0.1, -0.05) is 146 Å². The molecule has 0 unspecified atom stereocenters. The number of fused-ring (bicyclic) bond motifs is 10. The highest BCUT2D eigenvalue weighted by Crippen LogP contribution is 2.46. The number of rotatable bonds is 6. The summed E-state index contributed by atoms with van der Waals surface area (Å²) in [5, 5.41) is 5.22. The third kappa shape index (κ3) is 6.01. The average molecular weight is 819 g/mol. The number of nitrogens with zero attached hydrogens (tertiary/aromatic N) is 2. The van der Waals surface area contributed by atoms with E-state index in [9.17, 15) is 0 Å². The Balaban J connectivity index is 1.06. The van der Waals surface area contributed by atoms with Gasteiger partial charge in [0.2, 0.25) is 0 Å². The predicted molar refractivity (Wildman–Crippen MR) is 272 cm³/mol. The second-order valence-corrected chi connectivity index (χ2v) is 17.8. The Morgan fingerprint density at radius 1 is 0.391 bits per heavy atom. The molecule has 0 saturated heterocycles. The fraction of sp³-hybridized carbons (Fsp3) is 0.0968. The van der Waals surface area contributed by atoms with Crippen molar-refractivity contribution in [3.05, 3.63) is 229 Å². The summed E-state index contributed by atoms with van der Waals surface area (Å²) in [5.74, 6) is 0. The third-order valence-electron chi connectivity index (χ3n) is 14.1. The first-order valence-corrected chi connectivity index (χ1v) is 23.0. The monoisotopic (exact) mass is 818 g/mol. The molecule has 0 saturated carbocycles. The van der Waals surface area contributed by atoms with Crippen LogP contribution in [-0.4, -0.2) is 9.13 Å². The molecule has 0 bridgehead atoms. The normalized spacial score (nSPS) is 14.6. The van der Waals surface area contributed by atoms with Gasteiger partial charge in [-0.05, 0) is 166 Å². The Labute approximate surface area is 374 Å². The standard InChI is InChI=1S/C62H46N2/c1-5-17-41(18-6-1)46-33-47(42-19-7-2-8-20-42)36-50(35-46)63-59-27-15-14-26-54(59)58-39-45-29-30-55-52(57(45)40-61(58)63)31-32-56-53-25-13-16-28-60(53)64(62(55)56)51-37-48(43-21-9-3-10-22-43)34-49(38-51)44-23-11-4-12-24-44/h1,3-5,7,9-17,19-28,31-40H,2,6,8,18,29-30H2. The molecule has 0 N–H and O–H groups in total. The Kier molecular flexibility index (Phi) is 8.65. The summed E-state index contributed by atoms with van der Waals surface area (Å²) >= 11 is 0. The molecule has 13 rings (SSSR count). The van der Waals surface area contributed by atoms with Crippen LogP contribution in [0.15, 0.2) is 206 Å². The highest BCUT2D eigenvalue weighted by atomic mass is 15.0. The van der Waals surface area contributed by atoms with E-state index in [-0.39, 0.29) is 0 Å². The van der Waals surface area contributed by atoms with Gasteiger partial charge in [0.25, 0.3) is 0 Å². The van der Waals surface area contributed by atoms with Crippen LogP contribution in [0.25, 0.3) is 99.5 Å². The zero-order chi connectivity index (χ0) is 42.1. The summed E-state index contributed by atoms with van der Waals surface area (Å²) in [6.45, 7) is 0. The number of hydrogen-bond donors (Lipinski definition) is 0. The molecule has 2 heteroatoms. The van der Waals surface area contributed by atoms with Crippen LogP contribution in [0.3, 0.4) is 0 Å². The van der Waals surface area contributed by atoms with Crippen molar-refractivity contribution in [1.82, 2.24) is 9.13 Å². The average Bonchev–Trinajstić information content (AvgIpc) is 3.89. The molecular formula is C62H46N2. The van der Waals surface area contributed by atoms with E-state index >= 15 is 0 Å². The molecule has 10 aromatic rings. The van der Waals surface area contributed by atoms with Crippen molar-refractivity contribution in [2.24, 2.45) is 0 Å². The minimum Gasteiger partial charge on any atom is -0.309 e. The van der Waals surface area contributed by atoms with Crippen molar-refractivity contribution in [2.75, 3.05) is 0 Å². The number of benzene rings is 8. The Hall–Kier alpha value is -7.68. The maximum atomic E-state index is 2.57. The Morgan fingerprint density at radius 2 is 1.05 bits per heavy atom. The van der Waals surface area contributed by atoms with Gasteiger partial charge < -0.3 is 9.13 Å². The highest BCUT2D eigenvalue weighted by Gasteiger charge is 2.26. The first-order chi connectivity index (χ1) is 31.7. The molecule has 2 nitrogen and oxygen atoms in total. The second-order valence-electron chi connectivity index (χ2n) is 17.8. The van der Waals surface area contributed by atoms with E-state index < -0.39 is 0 Å². The van der Waals surface area contributed by atoms with E-state index in [0.29, 0.717) is 0 Å². The van der Waals surface area contributed by atoms with Crippen molar-refractivity contribution < 1.29 is 0 Å². The predicted octanol–water partition coefficient (Wildman–Crippen LogP) is 16.4. The molecule has 3 aliphatic carbocycles. The largest absolute Gasteiger partial charge is 0.309 e. The quantitative estimate of drug-likeness (QED) is 0.158. The van der Waals surface area contributed by atoms with Gasteiger partial charge in [-0.2, -0.15) is 0 Å². The highest BCUT2D eigenvalue weighted by molar-refractivity contribution is 6.14. The van der Waals surface area contributed by atoms with Crippen molar-refractivity contribution in [1.29, 1.82) is 0 Å². The summed E-state index contributed by atoms with van der Waals surface area (Å²) in [6.07, 6.45) is 20.2. The van der Waals surface area contributed by atoms with E-state index in [0.717, 1.165) is 38.5 Å². The molecule has 0 spiro atoms. The number of allylic oxidation sites excluding steroid dienone is 8. The summed E-state index contributed by atoms with van der Waals surface area (Å²) in [5.41, 5.74) is 23.2. The Morgan fingerprint density at radius 3 is 1.77 bits per heavy atom. The molecule has 0 fully saturated rings. The first kappa shape index (κ1) is 36.9. The molecule has 304 valence electrons. The van der Waals surface area contributed by atoms with Gasteiger partial charge in [-0.15, -0.1) is 0 Å². The van der Waals surface area contributed by atoms with Crippen LogP contribution in [0.1, 0.15) is 47.9 Å². The summed E-state index contributed by atoms with van der Waals surface area (Å²) in [6, 6.07) is 64.0. The van der Waals surface area contributed by atoms with E-state index in [4.69, 9.17) is 0 Å². The van der Waals surface area contributed by atoms with Crippen LogP contribution >= 0.6 is 0 Å². The lowest BCUT2D eigenvalue weighted by atomic mass is 9.83. The van der Waals surface area contributed by atoms with Crippen LogP contribution in [0, 0.1) is 0 Å². The van der Waals surface area contributed by atoms with Crippen molar-refractivity contribution in [3.8, 4) is 44.8 Å². The molecule has 0 amide bonds. The smallest absolute Gasteiger partial charge is 0.0579 e. The van der Waals surface area contributed by atoms with Crippen LogP contribution in [0.4, 0.5) is 0 Å². The molecule has 3 aliphatic rings. The van der Waals surface area contributed by atoms with Gasteiger partial charge >= 0.3 is 0 Å². The lowest BCUT2D eigenvalue weighted by Gasteiger charge is -2.23. The summed E-state index contributed by atoms with van der Waals surface area (Å²) in [4.78, 5) is 0. The topological polar surface area (TPSA) is 9.86 Å². The zero-order valence-electron chi connectivity index (χ0n) is 35.8.